The summed E-state index contributed by atoms with van der Waals surface area (Å²) in [5, 5.41) is 6.65. The summed E-state index contributed by atoms with van der Waals surface area (Å²) in [6, 6.07) is 0. The van der Waals surface area contributed by atoms with Crippen molar-refractivity contribution >= 4 is 21.6 Å². The van der Waals surface area contributed by atoms with Crippen LogP contribution in [0.2, 0.25) is 0 Å². The molecule has 5 nitrogen and oxygen atoms in total. The first-order chi connectivity index (χ1) is 8.48. The number of aryl methyl sites for hydroxylation is 1. The predicted molar refractivity (Wildman–Crippen MR) is 72.2 cm³/mol. The number of hydrogen-bond acceptors (Lipinski definition) is 3. The highest BCUT2D eigenvalue weighted by molar-refractivity contribution is 7.89. The lowest BCUT2D eigenvalue weighted by Gasteiger charge is -2.19. The van der Waals surface area contributed by atoms with Crippen LogP contribution >= 0.6 is 11.6 Å². The van der Waals surface area contributed by atoms with Crippen LogP contribution in [0.4, 0.5) is 0 Å². The van der Waals surface area contributed by atoms with E-state index in [4.69, 9.17) is 11.6 Å². The van der Waals surface area contributed by atoms with E-state index < -0.39 is 10.0 Å². The molecule has 0 radical (unpaired) electrons. The van der Waals surface area contributed by atoms with Crippen LogP contribution in [-0.2, 0) is 15.9 Å². The van der Waals surface area contributed by atoms with Crippen molar-refractivity contribution in [1.29, 1.82) is 0 Å². The van der Waals surface area contributed by atoms with Crippen LogP contribution in [0.25, 0.3) is 0 Å². The van der Waals surface area contributed by atoms with E-state index >= 15 is 0 Å². The Morgan fingerprint density at radius 2 is 2.06 bits per heavy atom. The van der Waals surface area contributed by atoms with Crippen molar-refractivity contribution in [2.24, 2.45) is 0 Å². The normalized spacial score (nSPS) is 12.3. The van der Waals surface area contributed by atoms with Gasteiger partial charge < -0.3 is 0 Å². The van der Waals surface area contributed by atoms with Crippen LogP contribution in [0, 0.1) is 6.92 Å². The van der Waals surface area contributed by atoms with Crippen molar-refractivity contribution in [3.63, 3.8) is 0 Å². The second-order valence-electron chi connectivity index (χ2n) is 4.12. The van der Waals surface area contributed by atoms with Crippen molar-refractivity contribution in [3.05, 3.63) is 11.3 Å². The van der Waals surface area contributed by atoms with Gasteiger partial charge in [-0.05, 0) is 13.3 Å². The minimum Gasteiger partial charge on any atom is -0.281 e. The highest BCUT2D eigenvalue weighted by atomic mass is 35.5. The van der Waals surface area contributed by atoms with Crippen LogP contribution in [-0.4, -0.2) is 36.0 Å². The molecule has 0 aliphatic heterocycles. The molecule has 1 aromatic heterocycles. The fraction of sp³-hybridized carbons (Fsp3) is 0.727. The average molecular weight is 294 g/mol. The molecule has 0 saturated heterocycles. The Morgan fingerprint density at radius 1 is 1.39 bits per heavy atom. The zero-order valence-electron chi connectivity index (χ0n) is 11.0. The van der Waals surface area contributed by atoms with Crippen molar-refractivity contribution in [3.8, 4) is 0 Å². The maximum absolute atomic E-state index is 12.4. The minimum atomic E-state index is -3.54. The molecule has 0 aliphatic carbocycles. The zero-order chi connectivity index (χ0) is 13.8. The maximum Gasteiger partial charge on any atom is 0.262 e. The highest BCUT2D eigenvalue weighted by Crippen LogP contribution is 2.22. The third-order valence-electron chi connectivity index (χ3n) is 2.87. The van der Waals surface area contributed by atoms with Crippen LogP contribution in [0.15, 0.2) is 5.03 Å². The number of nitrogens with zero attached hydrogens (tertiary/aromatic N) is 2. The van der Waals surface area contributed by atoms with Gasteiger partial charge in [0.25, 0.3) is 10.0 Å². The van der Waals surface area contributed by atoms with E-state index in [2.05, 4.69) is 10.2 Å². The molecule has 0 spiro atoms. The van der Waals surface area contributed by atoms with Gasteiger partial charge in [0, 0.05) is 24.3 Å². The molecule has 0 aromatic carbocycles. The van der Waals surface area contributed by atoms with Gasteiger partial charge in [-0.2, -0.15) is 9.40 Å². The van der Waals surface area contributed by atoms with Crippen molar-refractivity contribution < 1.29 is 8.42 Å². The summed E-state index contributed by atoms with van der Waals surface area (Å²) in [6.45, 7) is 6.58. The van der Waals surface area contributed by atoms with E-state index in [1.54, 1.807) is 6.92 Å². The second kappa shape index (κ2) is 6.54. The molecular formula is C11H20ClN3O2S. The van der Waals surface area contributed by atoms with Gasteiger partial charge in [0.05, 0.1) is 5.88 Å². The topological polar surface area (TPSA) is 66.1 Å². The van der Waals surface area contributed by atoms with E-state index in [1.165, 1.54) is 4.31 Å². The van der Waals surface area contributed by atoms with E-state index in [0.717, 1.165) is 12.8 Å². The van der Waals surface area contributed by atoms with Gasteiger partial charge in [-0.3, -0.25) is 5.10 Å². The molecule has 7 heteroatoms. The van der Waals surface area contributed by atoms with Gasteiger partial charge in [0.2, 0.25) is 0 Å². The number of sulfonamides is 1. The number of halogens is 1. The number of aromatic amines is 1. The third-order valence-corrected chi connectivity index (χ3v) is 5.08. The first kappa shape index (κ1) is 15.5. The maximum atomic E-state index is 12.4. The van der Waals surface area contributed by atoms with Gasteiger partial charge in [-0.25, -0.2) is 8.42 Å². The molecule has 1 rings (SSSR count). The Kier molecular flexibility index (Phi) is 5.62. The van der Waals surface area contributed by atoms with Crippen LogP contribution in [0.5, 0.6) is 0 Å². The molecule has 1 heterocycles. The molecule has 0 aliphatic rings. The molecule has 104 valence electrons. The second-order valence-corrected chi connectivity index (χ2v) is 6.24. The van der Waals surface area contributed by atoms with E-state index in [1.807, 2.05) is 13.8 Å². The van der Waals surface area contributed by atoms with E-state index in [-0.39, 0.29) is 10.9 Å². The van der Waals surface area contributed by atoms with Gasteiger partial charge in [0.1, 0.15) is 0 Å². The van der Waals surface area contributed by atoms with Gasteiger partial charge in [-0.1, -0.05) is 20.3 Å². The summed E-state index contributed by atoms with van der Waals surface area (Å²) >= 11 is 5.79. The van der Waals surface area contributed by atoms with E-state index in [0.29, 0.717) is 24.3 Å². The third kappa shape index (κ3) is 3.05. The van der Waals surface area contributed by atoms with Gasteiger partial charge >= 0.3 is 0 Å². The van der Waals surface area contributed by atoms with E-state index in [9.17, 15) is 8.42 Å². The predicted octanol–water partition coefficient (Wildman–Crippen LogP) is 2.27. The summed E-state index contributed by atoms with van der Waals surface area (Å²) in [6.07, 6.45) is 1.79. The summed E-state index contributed by atoms with van der Waals surface area (Å²) in [7, 11) is -3.54. The molecule has 0 bridgehead atoms. The summed E-state index contributed by atoms with van der Waals surface area (Å²) in [5.74, 6) is 0.141. The number of aromatic nitrogens is 2. The molecule has 0 saturated carbocycles. The molecule has 0 fully saturated rings. The highest BCUT2D eigenvalue weighted by Gasteiger charge is 2.28. The lowest BCUT2D eigenvalue weighted by atomic mass is 10.3. The molecule has 0 unspecified atom stereocenters. The molecule has 1 N–H and O–H groups in total. The number of hydrogen-bond donors (Lipinski definition) is 1. The Balaban J connectivity index is 3.10. The summed E-state index contributed by atoms with van der Waals surface area (Å²) in [4.78, 5) is 0. The Labute approximate surface area is 114 Å². The molecular weight excluding hydrogens is 274 g/mol. The van der Waals surface area contributed by atoms with Crippen molar-refractivity contribution in [2.45, 2.75) is 44.5 Å². The van der Waals surface area contributed by atoms with Crippen LogP contribution in [0.3, 0.4) is 0 Å². The first-order valence-corrected chi connectivity index (χ1v) is 8.06. The number of H-pyrrole nitrogens is 1. The largest absolute Gasteiger partial charge is 0.281 e. The number of nitrogens with one attached hydrogen (secondary N) is 1. The first-order valence-electron chi connectivity index (χ1n) is 6.08. The average Bonchev–Trinajstić information content (AvgIpc) is 2.71. The zero-order valence-corrected chi connectivity index (χ0v) is 12.6. The smallest absolute Gasteiger partial charge is 0.262 e. The number of rotatable bonds is 7. The SMILES string of the molecule is CCCCN(CC)S(=O)(=O)c1n[nH]c(C)c1CCl. The Bertz CT molecular complexity index is 484. The van der Waals surface area contributed by atoms with Gasteiger partial charge in [-0.15, -0.1) is 11.6 Å². The fourth-order valence-electron chi connectivity index (χ4n) is 1.71. The quantitative estimate of drug-likeness (QED) is 0.784. The van der Waals surface area contributed by atoms with Gasteiger partial charge in [0.15, 0.2) is 5.03 Å². The Morgan fingerprint density at radius 3 is 2.56 bits per heavy atom. The number of unbranched alkanes of at least 4 members (excludes halogenated alkanes) is 1. The fourth-order valence-corrected chi connectivity index (χ4v) is 3.76. The van der Waals surface area contributed by atoms with Crippen LogP contribution in [0.1, 0.15) is 37.9 Å². The van der Waals surface area contributed by atoms with Crippen LogP contribution < -0.4 is 0 Å². The summed E-state index contributed by atoms with van der Waals surface area (Å²) < 4.78 is 26.3. The number of alkyl halides is 1. The Hall–Kier alpha value is -0.590. The molecule has 0 atom stereocenters. The lowest BCUT2D eigenvalue weighted by Crippen LogP contribution is -2.32. The van der Waals surface area contributed by atoms with Crippen molar-refractivity contribution in [2.75, 3.05) is 13.1 Å². The molecule has 0 amide bonds. The van der Waals surface area contributed by atoms with Crippen molar-refractivity contribution in [1.82, 2.24) is 14.5 Å². The standard InChI is InChI=1S/C11H20ClN3O2S/c1-4-6-7-15(5-2)18(16,17)11-10(8-12)9(3)13-14-11/h4-8H2,1-3H3,(H,13,14). The lowest BCUT2D eigenvalue weighted by molar-refractivity contribution is 0.416. The minimum absolute atomic E-state index is 0.0629. The molecule has 18 heavy (non-hydrogen) atoms. The molecule has 1 aromatic rings. The summed E-state index contributed by atoms with van der Waals surface area (Å²) in [5.41, 5.74) is 1.27. The monoisotopic (exact) mass is 293 g/mol.